The van der Waals surface area contributed by atoms with E-state index >= 15 is 0 Å². The molecule has 0 unspecified atom stereocenters. The predicted octanol–water partition coefficient (Wildman–Crippen LogP) is 3.40. The van der Waals surface area contributed by atoms with Crippen molar-refractivity contribution in [2.45, 2.75) is 19.2 Å². The van der Waals surface area contributed by atoms with Crippen LogP contribution in [0.2, 0.25) is 0 Å². The molecule has 4 heteroatoms. The first-order chi connectivity index (χ1) is 7.72. The van der Waals surface area contributed by atoms with Crippen molar-refractivity contribution in [3.8, 4) is 5.75 Å². The van der Waals surface area contributed by atoms with Crippen LogP contribution in [0.25, 0.3) is 0 Å². The summed E-state index contributed by atoms with van der Waals surface area (Å²) in [6.45, 7) is 4.00. The molecule has 1 rings (SSSR count). The van der Waals surface area contributed by atoms with Crippen molar-refractivity contribution in [2.24, 2.45) is 0 Å². The summed E-state index contributed by atoms with van der Waals surface area (Å²) in [5, 5.41) is 0.592. The average Bonchev–Trinajstić information content (AvgIpc) is 2.39. The molecule has 0 saturated carbocycles. The minimum atomic E-state index is -0.331. The molecule has 0 radical (unpaired) electrons. The van der Waals surface area contributed by atoms with Crippen LogP contribution in [0.3, 0.4) is 0 Å². The number of esters is 1. The Bertz CT molecular complexity index is 337. The maximum absolute atomic E-state index is 11.3. The van der Waals surface area contributed by atoms with E-state index in [1.807, 2.05) is 13.8 Å². The molecule has 0 spiro atoms. The Kier molecular flexibility index (Phi) is 7.64. The van der Waals surface area contributed by atoms with E-state index in [4.69, 9.17) is 4.74 Å². The molecule has 1 aromatic carbocycles. The highest BCUT2D eigenvalue weighted by molar-refractivity contribution is 9.08. The van der Waals surface area contributed by atoms with Gasteiger partial charge in [0.1, 0.15) is 5.75 Å². The van der Waals surface area contributed by atoms with Crippen molar-refractivity contribution in [1.82, 2.24) is 0 Å². The largest absolute Gasteiger partial charge is 0.497 e. The van der Waals surface area contributed by atoms with Crippen molar-refractivity contribution < 1.29 is 14.3 Å². The molecule has 1 aromatic rings. The van der Waals surface area contributed by atoms with Gasteiger partial charge in [-0.25, -0.2) is 4.79 Å². The van der Waals surface area contributed by atoms with Gasteiger partial charge in [0.15, 0.2) is 0 Å². The fourth-order valence-corrected chi connectivity index (χ4v) is 1.58. The van der Waals surface area contributed by atoms with E-state index in [0.717, 1.165) is 11.3 Å². The van der Waals surface area contributed by atoms with Gasteiger partial charge in [0, 0.05) is 5.33 Å². The number of hydrogen-bond donors (Lipinski definition) is 0. The Labute approximate surface area is 105 Å². The van der Waals surface area contributed by atoms with E-state index in [2.05, 4.69) is 20.7 Å². The number of halogens is 1. The van der Waals surface area contributed by atoms with Crippen LogP contribution in [0.1, 0.15) is 29.8 Å². The summed E-state index contributed by atoms with van der Waals surface area (Å²) >= 11 is 3.31. The molecule has 0 saturated heterocycles. The Morgan fingerprint density at radius 3 is 2.38 bits per heavy atom. The Morgan fingerprint density at radius 1 is 1.31 bits per heavy atom. The average molecular weight is 289 g/mol. The van der Waals surface area contributed by atoms with Gasteiger partial charge in [-0.05, 0) is 23.8 Å². The van der Waals surface area contributed by atoms with Gasteiger partial charge in [0.25, 0.3) is 0 Å². The maximum atomic E-state index is 11.3. The van der Waals surface area contributed by atoms with Crippen molar-refractivity contribution in [3.05, 3.63) is 29.3 Å². The zero-order valence-electron chi connectivity index (χ0n) is 10.0. The van der Waals surface area contributed by atoms with Gasteiger partial charge >= 0.3 is 5.97 Å². The molecule has 16 heavy (non-hydrogen) atoms. The molecule has 0 bridgehead atoms. The van der Waals surface area contributed by atoms with Gasteiger partial charge in [0.2, 0.25) is 0 Å². The first-order valence-corrected chi connectivity index (χ1v) is 6.16. The normalized spacial score (nSPS) is 8.81. The zero-order chi connectivity index (χ0) is 12.6. The van der Waals surface area contributed by atoms with Gasteiger partial charge in [0.05, 0.1) is 19.8 Å². The number of methoxy groups -OCH3 is 2. The van der Waals surface area contributed by atoms with E-state index in [9.17, 15) is 4.79 Å². The molecular formula is C12H17BrO3. The van der Waals surface area contributed by atoms with Crippen LogP contribution in [0.5, 0.6) is 5.75 Å². The lowest BCUT2D eigenvalue weighted by molar-refractivity contribution is 0.0600. The summed E-state index contributed by atoms with van der Waals surface area (Å²) in [5.74, 6) is 0.397. The molecule has 0 N–H and O–H groups in total. The van der Waals surface area contributed by atoms with Crippen LogP contribution in [0.4, 0.5) is 0 Å². The van der Waals surface area contributed by atoms with Crippen molar-refractivity contribution >= 4 is 21.9 Å². The van der Waals surface area contributed by atoms with Crippen LogP contribution in [0.15, 0.2) is 18.2 Å². The highest BCUT2D eigenvalue weighted by atomic mass is 79.9. The second-order valence-electron chi connectivity index (χ2n) is 2.65. The molecule has 0 heterocycles. The fourth-order valence-electron chi connectivity index (χ4n) is 1.12. The van der Waals surface area contributed by atoms with Gasteiger partial charge in [-0.3, -0.25) is 0 Å². The van der Waals surface area contributed by atoms with Crippen LogP contribution in [-0.4, -0.2) is 20.2 Å². The summed E-state index contributed by atoms with van der Waals surface area (Å²) in [6.07, 6.45) is 0. The Balaban J connectivity index is 0.00000106. The molecule has 3 nitrogen and oxygen atoms in total. The minimum absolute atomic E-state index is 0.331. The Morgan fingerprint density at radius 2 is 1.94 bits per heavy atom. The number of carbonyl (C=O) groups excluding carboxylic acids is 1. The second kappa shape index (κ2) is 8.16. The molecule has 90 valence electrons. The van der Waals surface area contributed by atoms with E-state index in [1.165, 1.54) is 7.11 Å². The van der Waals surface area contributed by atoms with Gasteiger partial charge in [-0.15, -0.1) is 0 Å². The summed E-state index contributed by atoms with van der Waals surface area (Å²) in [4.78, 5) is 11.3. The minimum Gasteiger partial charge on any atom is -0.497 e. The van der Waals surface area contributed by atoms with E-state index < -0.39 is 0 Å². The van der Waals surface area contributed by atoms with Crippen LogP contribution in [0, 0.1) is 0 Å². The molecule has 0 fully saturated rings. The Hall–Kier alpha value is -1.03. The lowest BCUT2D eigenvalue weighted by atomic mass is 10.1. The van der Waals surface area contributed by atoms with E-state index in [0.29, 0.717) is 10.9 Å². The van der Waals surface area contributed by atoms with Gasteiger partial charge in [-0.2, -0.15) is 0 Å². The molecule has 0 aliphatic heterocycles. The third kappa shape index (κ3) is 3.85. The van der Waals surface area contributed by atoms with Crippen molar-refractivity contribution in [3.63, 3.8) is 0 Å². The number of alkyl halides is 1. The van der Waals surface area contributed by atoms with Crippen LogP contribution in [-0.2, 0) is 10.1 Å². The third-order valence-electron chi connectivity index (χ3n) is 1.86. The van der Waals surface area contributed by atoms with Crippen LogP contribution >= 0.6 is 15.9 Å². The highest BCUT2D eigenvalue weighted by Gasteiger charge is 2.11. The van der Waals surface area contributed by atoms with Crippen molar-refractivity contribution in [1.29, 1.82) is 0 Å². The molecule has 0 amide bonds. The number of rotatable bonds is 3. The fraction of sp³-hybridized carbons (Fsp3) is 0.417. The quantitative estimate of drug-likeness (QED) is 0.632. The number of hydrogen-bond acceptors (Lipinski definition) is 3. The summed E-state index contributed by atoms with van der Waals surface area (Å²) in [7, 11) is 2.95. The van der Waals surface area contributed by atoms with Crippen LogP contribution < -0.4 is 4.74 Å². The van der Waals surface area contributed by atoms with E-state index in [-0.39, 0.29) is 5.97 Å². The van der Waals surface area contributed by atoms with Gasteiger partial charge < -0.3 is 9.47 Å². The molecule has 0 aliphatic rings. The highest BCUT2D eigenvalue weighted by Crippen LogP contribution is 2.20. The molecule has 0 aliphatic carbocycles. The standard InChI is InChI=1S/C10H11BrO3.C2H6/c1-13-8-3-4-9(10(12)14-2)7(5-8)6-11;1-2/h3-5H,6H2,1-2H3;1-2H3. The van der Waals surface area contributed by atoms with Gasteiger partial charge in [-0.1, -0.05) is 29.8 Å². The van der Waals surface area contributed by atoms with Crippen molar-refractivity contribution in [2.75, 3.05) is 14.2 Å². The molecule has 0 aromatic heterocycles. The summed E-state index contributed by atoms with van der Waals surface area (Å²) < 4.78 is 9.70. The molecular weight excluding hydrogens is 272 g/mol. The number of ether oxygens (including phenoxy) is 2. The summed E-state index contributed by atoms with van der Waals surface area (Å²) in [5.41, 5.74) is 1.42. The lowest BCUT2D eigenvalue weighted by Crippen LogP contribution is -2.04. The third-order valence-corrected chi connectivity index (χ3v) is 2.47. The molecule has 0 atom stereocenters. The number of benzene rings is 1. The predicted molar refractivity (Wildman–Crippen MR) is 68.3 cm³/mol. The first kappa shape index (κ1) is 15.0. The SMILES string of the molecule is CC.COC(=O)c1ccc(OC)cc1CBr. The monoisotopic (exact) mass is 288 g/mol. The zero-order valence-corrected chi connectivity index (χ0v) is 11.6. The maximum Gasteiger partial charge on any atom is 0.338 e. The topological polar surface area (TPSA) is 35.5 Å². The first-order valence-electron chi connectivity index (χ1n) is 5.04. The summed E-state index contributed by atoms with van der Waals surface area (Å²) in [6, 6.07) is 5.24. The smallest absolute Gasteiger partial charge is 0.338 e. The lowest BCUT2D eigenvalue weighted by Gasteiger charge is -2.07. The number of carbonyl (C=O) groups is 1. The second-order valence-corrected chi connectivity index (χ2v) is 3.21. The van der Waals surface area contributed by atoms with E-state index in [1.54, 1.807) is 25.3 Å².